The minimum absolute atomic E-state index is 0.604. The van der Waals surface area contributed by atoms with Crippen molar-refractivity contribution in [1.29, 1.82) is 0 Å². The van der Waals surface area contributed by atoms with Gasteiger partial charge in [-0.3, -0.25) is 0 Å². The van der Waals surface area contributed by atoms with Crippen molar-refractivity contribution < 1.29 is 4.42 Å². The molecule has 0 atom stereocenters. The predicted molar refractivity (Wildman–Crippen MR) is 58.0 cm³/mol. The second-order valence-electron chi connectivity index (χ2n) is 2.80. The fourth-order valence-corrected chi connectivity index (χ4v) is 2.72. The minimum Gasteiger partial charge on any atom is -0.471 e. The van der Waals surface area contributed by atoms with Gasteiger partial charge in [-0.15, -0.1) is 11.3 Å². The third-order valence-electron chi connectivity index (χ3n) is 2.01. The maximum atomic E-state index is 5.16. The van der Waals surface area contributed by atoms with Crippen LogP contribution in [0.3, 0.4) is 0 Å². The van der Waals surface area contributed by atoms with E-state index in [0.29, 0.717) is 4.64 Å². The molecular formula is C9H4N2OS2. The number of rotatable bonds is 0. The van der Waals surface area contributed by atoms with Crippen LogP contribution < -0.4 is 0 Å². The number of hydrogen-bond donors (Lipinski definition) is 0. The second kappa shape index (κ2) is 2.83. The first-order chi connectivity index (χ1) is 6.86. The molecule has 0 saturated heterocycles. The lowest BCUT2D eigenvalue weighted by molar-refractivity contribution is 0.558. The zero-order valence-corrected chi connectivity index (χ0v) is 8.56. The first kappa shape index (κ1) is 8.02. The van der Waals surface area contributed by atoms with Crippen LogP contribution in [0.1, 0.15) is 0 Å². The summed E-state index contributed by atoms with van der Waals surface area (Å²) in [6.45, 7) is 0. The molecule has 0 fully saturated rings. The van der Waals surface area contributed by atoms with E-state index >= 15 is 0 Å². The van der Waals surface area contributed by atoms with Crippen molar-refractivity contribution in [1.82, 2.24) is 9.97 Å². The van der Waals surface area contributed by atoms with E-state index in [-0.39, 0.29) is 0 Å². The Hall–Kier alpha value is -1.33. The van der Waals surface area contributed by atoms with E-state index in [2.05, 4.69) is 9.97 Å². The molecule has 3 rings (SSSR count). The topological polar surface area (TPSA) is 38.9 Å². The van der Waals surface area contributed by atoms with Gasteiger partial charge in [-0.05, 0) is 6.07 Å². The van der Waals surface area contributed by atoms with Gasteiger partial charge in [-0.25, -0.2) is 9.97 Å². The first-order valence-corrected chi connectivity index (χ1v) is 5.18. The molecule has 3 heterocycles. The molecule has 0 saturated carbocycles. The smallest absolute Gasteiger partial charge is 0.138 e. The Kier molecular flexibility index (Phi) is 1.62. The maximum Gasteiger partial charge on any atom is 0.138 e. The van der Waals surface area contributed by atoms with E-state index in [0.717, 1.165) is 20.3 Å². The van der Waals surface area contributed by atoms with Crippen LogP contribution in [-0.2, 0) is 0 Å². The molecule has 0 bridgehead atoms. The molecule has 5 heteroatoms. The van der Waals surface area contributed by atoms with Gasteiger partial charge in [-0.2, -0.15) is 0 Å². The van der Waals surface area contributed by atoms with Gasteiger partial charge in [0.1, 0.15) is 22.1 Å². The molecule has 0 unspecified atom stereocenters. The van der Waals surface area contributed by atoms with Crippen molar-refractivity contribution >= 4 is 43.9 Å². The molecule has 3 nitrogen and oxygen atoms in total. The largest absolute Gasteiger partial charge is 0.471 e. The first-order valence-electron chi connectivity index (χ1n) is 3.96. The third kappa shape index (κ3) is 0.995. The Morgan fingerprint density at radius 2 is 2.29 bits per heavy atom. The summed E-state index contributed by atoms with van der Waals surface area (Å²) in [5.41, 5.74) is 0. The number of aromatic nitrogens is 2. The van der Waals surface area contributed by atoms with Crippen molar-refractivity contribution in [3.63, 3.8) is 0 Å². The monoisotopic (exact) mass is 220 g/mol. The highest BCUT2D eigenvalue weighted by Gasteiger charge is 2.07. The summed E-state index contributed by atoms with van der Waals surface area (Å²) in [6, 6.07) is 1.90. The highest BCUT2D eigenvalue weighted by molar-refractivity contribution is 7.71. The van der Waals surface area contributed by atoms with Crippen LogP contribution in [0.25, 0.3) is 20.3 Å². The molecule has 68 valence electrons. The molecule has 3 aromatic heterocycles. The summed E-state index contributed by atoms with van der Waals surface area (Å²) >= 11 is 6.72. The van der Waals surface area contributed by atoms with Crippen LogP contribution in [0.4, 0.5) is 0 Å². The fourth-order valence-electron chi connectivity index (χ4n) is 1.41. The van der Waals surface area contributed by atoms with Crippen molar-refractivity contribution in [2.75, 3.05) is 0 Å². The average molecular weight is 220 g/mol. The lowest BCUT2D eigenvalue weighted by atomic mass is 10.3. The van der Waals surface area contributed by atoms with Crippen molar-refractivity contribution in [2.24, 2.45) is 0 Å². The molecule has 0 aliphatic carbocycles. The SMILES string of the molecule is S=c1ncnc2sc3coccc3c12. The molecule has 14 heavy (non-hydrogen) atoms. The Morgan fingerprint density at radius 1 is 1.36 bits per heavy atom. The third-order valence-corrected chi connectivity index (χ3v) is 3.36. The molecular weight excluding hydrogens is 216 g/mol. The van der Waals surface area contributed by atoms with E-state index in [4.69, 9.17) is 16.6 Å². The second-order valence-corrected chi connectivity index (χ2v) is 4.21. The molecule has 0 spiro atoms. The van der Waals surface area contributed by atoms with Crippen LogP contribution in [0.15, 0.2) is 29.3 Å². The lowest BCUT2D eigenvalue weighted by Gasteiger charge is -1.88. The number of thiophene rings is 1. The lowest BCUT2D eigenvalue weighted by Crippen LogP contribution is -1.77. The zero-order chi connectivity index (χ0) is 9.54. The van der Waals surface area contributed by atoms with Crippen LogP contribution >= 0.6 is 23.6 Å². The van der Waals surface area contributed by atoms with E-state index in [1.165, 1.54) is 6.33 Å². The Bertz CT molecular complexity index is 671. The summed E-state index contributed by atoms with van der Waals surface area (Å²) in [5, 5.41) is 2.03. The molecule has 0 radical (unpaired) electrons. The Morgan fingerprint density at radius 3 is 3.21 bits per heavy atom. The summed E-state index contributed by atoms with van der Waals surface area (Å²) in [5.74, 6) is 0. The summed E-state index contributed by atoms with van der Waals surface area (Å²) < 4.78 is 6.74. The van der Waals surface area contributed by atoms with E-state index < -0.39 is 0 Å². The molecule has 0 aliphatic rings. The van der Waals surface area contributed by atoms with Gasteiger partial charge in [0.15, 0.2) is 0 Å². The average Bonchev–Trinajstić information content (AvgIpc) is 2.57. The Labute approximate surface area is 88.0 Å². The molecule has 0 aliphatic heterocycles. The highest BCUT2D eigenvalue weighted by atomic mass is 32.1. The van der Waals surface area contributed by atoms with Crippen molar-refractivity contribution in [2.45, 2.75) is 0 Å². The van der Waals surface area contributed by atoms with Gasteiger partial charge in [0.05, 0.1) is 16.3 Å². The number of hydrogen-bond acceptors (Lipinski definition) is 5. The van der Waals surface area contributed by atoms with Crippen LogP contribution in [0.5, 0.6) is 0 Å². The van der Waals surface area contributed by atoms with Gasteiger partial charge in [0.25, 0.3) is 0 Å². The molecule has 3 aromatic rings. The van der Waals surface area contributed by atoms with Crippen LogP contribution in [-0.4, -0.2) is 9.97 Å². The quantitative estimate of drug-likeness (QED) is 0.545. The van der Waals surface area contributed by atoms with Gasteiger partial charge in [-0.1, -0.05) is 12.2 Å². The summed E-state index contributed by atoms with van der Waals surface area (Å²) in [7, 11) is 0. The van der Waals surface area contributed by atoms with Crippen LogP contribution in [0.2, 0.25) is 0 Å². The maximum absolute atomic E-state index is 5.16. The van der Waals surface area contributed by atoms with Crippen molar-refractivity contribution in [3.05, 3.63) is 29.6 Å². The van der Waals surface area contributed by atoms with Crippen LogP contribution in [0, 0.1) is 4.64 Å². The Balaban J connectivity index is 2.73. The zero-order valence-electron chi connectivity index (χ0n) is 6.93. The highest BCUT2D eigenvalue weighted by Crippen LogP contribution is 2.31. The van der Waals surface area contributed by atoms with Gasteiger partial charge in [0, 0.05) is 5.39 Å². The van der Waals surface area contributed by atoms with E-state index in [1.807, 2.05) is 6.07 Å². The summed E-state index contributed by atoms with van der Waals surface area (Å²) in [6.07, 6.45) is 4.84. The standard InChI is InChI=1S/C9H4N2OS2/c13-8-7-5-1-2-12-3-6(5)14-9(7)11-4-10-8/h1-4H. The molecule has 0 aromatic carbocycles. The fraction of sp³-hybridized carbons (Fsp3) is 0. The predicted octanol–water partition coefficient (Wildman–Crippen LogP) is 3.17. The van der Waals surface area contributed by atoms with Crippen molar-refractivity contribution in [3.8, 4) is 0 Å². The summed E-state index contributed by atoms with van der Waals surface area (Å²) in [4.78, 5) is 9.11. The normalized spacial score (nSPS) is 11.1. The van der Waals surface area contributed by atoms with Gasteiger partial charge >= 0.3 is 0 Å². The van der Waals surface area contributed by atoms with Gasteiger partial charge in [0.2, 0.25) is 0 Å². The minimum atomic E-state index is 0.604. The van der Waals surface area contributed by atoms with E-state index in [9.17, 15) is 0 Å². The molecule has 0 N–H and O–H groups in total. The molecule has 0 amide bonds. The van der Waals surface area contributed by atoms with Gasteiger partial charge < -0.3 is 4.42 Å². The van der Waals surface area contributed by atoms with E-state index in [1.54, 1.807) is 23.9 Å². The number of fused-ring (bicyclic) bond motifs is 3. The number of nitrogens with zero attached hydrogens (tertiary/aromatic N) is 2.